The van der Waals surface area contributed by atoms with Crippen molar-refractivity contribution in [1.82, 2.24) is 0 Å². The first-order chi connectivity index (χ1) is 5.68. The van der Waals surface area contributed by atoms with Crippen molar-refractivity contribution >= 4 is 34.2 Å². The van der Waals surface area contributed by atoms with E-state index in [2.05, 4.69) is 28.7 Å². The highest BCUT2D eigenvalue weighted by Gasteiger charge is 2.19. The molecule has 1 nitrogen and oxygen atoms in total. The van der Waals surface area contributed by atoms with Gasteiger partial charge in [-0.3, -0.25) is 0 Å². The molecule has 0 aromatic heterocycles. The Hall–Kier alpha value is 0.200. The normalized spacial score (nSPS) is 21.1. The van der Waals surface area contributed by atoms with E-state index in [1.807, 2.05) is 6.07 Å². The van der Waals surface area contributed by atoms with Gasteiger partial charge in [0.25, 0.3) is 0 Å². The molecule has 0 radical (unpaired) electrons. The molecular formula is C9H9ClIN. The number of hydrogen-bond donors (Lipinski definition) is 1. The maximum Gasteiger partial charge on any atom is 0.0542 e. The molecule has 0 spiro atoms. The highest BCUT2D eigenvalue weighted by Crippen LogP contribution is 2.33. The average Bonchev–Trinajstić information content (AvgIpc) is 2.35. The van der Waals surface area contributed by atoms with Crippen molar-refractivity contribution in [2.45, 2.75) is 18.9 Å². The van der Waals surface area contributed by atoms with Crippen molar-refractivity contribution < 1.29 is 0 Å². The van der Waals surface area contributed by atoms with Crippen molar-refractivity contribution in [3.05, 3.63) is 31.9 Å². The van der Waals surface area contributed by atoms with E-state index < -0.39 is 0 Å². The Balaban J connectivity index is 2.56. The monoisotopic (exact) mass is 293 g/mol. The molecule has 2 N–H and O–H groups in total. The summed E-state index contributed by atoms with van der Waals surface area (Å²) in [4.78, 5) is 0. The number of nitrogens with two attached hydrogens (primary N) is 1. The molecule has 0 unspecified atom stereocenters. The molecule has 1 atom stereocenters. The van der Waals surface area contributed by atoms with Gasteiger partial charge in [-0.15, -0.1) is 0 Å². The first-order valence-electron chi connectivity index (χ1n) is 3.92. The first kappa shape index (κ1) is 8.78. The molecule has 3 heteroatoms. The molecule has 0 saturated heterocycles. The van der Waals surface area contributed by atoms with Crippen LogP contribution < -0.4 is 5.73 Å². The van der Waals surface area contributed by atoms with Gasteiger partial charge in [-0.05, 0) is 58.7 Å². The van der Waals surface area contributed by atoms with Crippen LogP contribution in [0.4, 0.5) is 0 Å². The Kier molecular flexibility index (Phi) is 2.31. The van der Waals surface area contributed by atoms with E-state index in [1.54, 1.807) is 0 Å². The zero-order valence-corrected chi connectivity index (χ0v) is 9.39. The summed E-state index contributed by atoms with van der Waals surface area (Å²) in [7, 11) is 0. The van der Waals surface area contributed by atoms with Crippen LogP contribution in [0, 0.1) is 3.57 Å². The van der Waals surface area contributed by atoms with Crippen LogP contribution in [0.3, 0.4) is 0 Å². The standard InChI is InChI=1S/C9H9ClIN/c10-7-4-6-5(3-8(7)11)1-2-9(6)12/h3-4,9H,1-2,12H2/t9-/m1/s1. The fourth-order valence-electron chi connectivity index (χ4n) is 1.63. The average molecular weight is 294 g/mol. The van der Waals surface area contributed by atoms with Crippen LogP contribution in [0.1, 0.15) is 23.6 Å². The van der Waals surface area contributed by atoms with E-state index in [-0.39, 0.29) is 6.04 Å². The Bertz CT molecular complexity index is 325. The largest absolute Gasteiger partial charge is 0.324 e. The second kappa shape index (κ2) is 3.16. The predicted octanol–water partition coefficient (Wildman–Crippen LogP) is 2.89. The van der Waals surface area contributed by atoms with Crippen LogP contribution >= 0.6 is 34.2 Å². The second-order valence-corrected chi connectivity index (χ2v) is 4.68. The third kappa shape index (κ3) is 1.36. The third-order valence-corrected chi connectivity index (χ3v) is 3.83. The molecule has 12 heavy (non-hydrogen) atoms. The van der Waals surface area contributed by atoms with Gasteiger partial charge < -0.3 is 5.73 Å². The first-order valence-corrected chi connectivity index (χ1v) is 5.37. The minimum Gasteiger partial charge on any atom is -0.324 e. The minimum atomic E-state index is 0.203. The Morgan fingerprint density at radius 1 is 1.50 bits per heavy atom. The predicted molar refractivity (Wildman–Crippen MR) is 59.4 cm³/mol. The minimum absolute atomic E-state index is 0.203. The molecule has 0 fully saturated rings. The molecule has 64 valence electrons. The van der Waals surface area contributed by atoms with Gasteiger partial charge in [0.05, 0.1) is 5.02 Å². The Labute approximate surface area is 90.4 Å². The quantitative estimate of drug-likeness (QED) is 0.731. The van der Waals surface area contributed by atoms with E-state index in [0.29, 0.717) is 0 Å². The summed E-state index contributed by atoms with van der Waals surface area (Å²) >= 11 is 8.25. The van der Waals surface area contributed by atoms with E-state index in [0.717, 1.165) is 21.4 Å². The summed E-state index contributed by atoms with van der Waals surface area (Å²) in [5.41, 5.74) is 8.51. The molecule has 0 amide bonds. The van der Waals surface area contributed by atoms with Crippen molar-refractivity contribution in [3.63, 3.8) is 0 Å². The third-order valence-electron chi connectivity index (χ3n) is 2.31. The molecular weight excluding hydrogens is 284 g/mol. The summed E-state index contributed by atoms with van der Waals surface area (Å²) in [6.07, 6.45) is 2.16. The maximum absolute atomic E-state index is 5.99. The highest BCUT2D eigenvalue weighted by molar-refractivity contribution is 14.1. The molecule has 1 aliphatic carbocycles. The zero-order valence-electron chi connectivity index (χ0n) is 6.48. The van der Waals surface area contributed by atoms with Gasteiger partial charge in [-0.25, -0.2) is 0 Å². The van der Waals surface area contributed by atoms with Crippen LogP contribution in [0.2, 0.25) is 5.02 Å². The highest BCUT2D eigenvalue weighted by atomic mass is 127. The van der Waals surface area contributed by atoms with Gasteiger partial charge in [0.1, 0.15) is 0 Å². The number of halogens is 2. The van der Waals surface area contributed by atoms with Gasteiger partial charge in [0, 0.05) is 9.61 Å². The maximum atomic E-state index is 5.99. The Morgan fingerprint density at radius 2 is 2.25 bits per heavy atom. The van der Waals surface area contributed by atoms with Crippen molar-refractivity contribution in [1.29, 1.82) is 0 Å². The van der Waals surface area contributed by atoms with E-state index in [9.17, 15) is 0 Å². The van der Waals surface area contributed by atoms with Crippen molar-refractivity contribution in [2.24, 2.45) is 5.73 Å². The molecule has 1 aliphatic rings. The van der Waals surface area contributed by atoms with Gasteiger partial charge in [0.2, 0.25) is 0 Å². The molecule has 0 aliphatic heterocycles. The number of hydrogen-bond acceptors (Lipinski definition) is 1. The van der Waals surface area contributed by atoms with E-state index in [1.165, 1.54) is 11.1 Å². The molecule has 0 saturated carbocycles. The van der Waals surface area contributed by atoms with Crippen molar-refractivity contribution in [2.75, 3.05) is 0 Å². The summed E-state index contributed by atoms with van der Waals surface area (Å²) in [5, 5.41) is 0.826. The lowest BCUT2D eigenvalue weighted by Gasteiger charge is -2.05. The smallest absolute Gasteiger partial charge is 0.0542 e. The lowest BCUT2D eigenvalue weighted by atomic mass is 10.1. The summed E-state index contributed by atoms with van der Waals surface area (Å²) < 4.78 is 1.13. The lowest BCUT2D eigenvalue weighted by Crippen LogP contribution is -2.05. The number of fused-ring (bicyclic) bond motifs is 1. The van der Waals surface area contributed by atoms with Gasteiger partial charge in [-0.1, -0.05) is 11.6 Å². The van der Waals surface area contributed by atoms with Gasteiger partial charge in [-0.2, -0.15) is 0 Å². The van der Waals surface area contributed by atoms with E-state index >= 15 is 0 Å². The van der Waals surface area contributed by atoms with Crippen LogP contribution in [-0.4, -0.2) is 0 Å². The number of rotatable bonds is 0. The summed E-state index contributed by atoms with van der Waals surface area (Å²) in [6.45, 7) is 0. The summed E-state index contributed by atoms with van der Waals surface area (Å²) in [6, 6.07) is 4.36. The Morgan fingerprint density at radius 3 is 3.00 bits per heavy atom. The second-order valence-electron chi connectivity index (χ2n) is 3.11. The van der Waals surface area contributed by atoms with Crippen LogP contribution in [0.25, 0.3) is 0 Å². The number of aryl methyl sites for hydroxylation is 1. The fraction of sp³-hybridized carbons (Fsp3) is 0.333. The van der Waals surface area contributed by atoms with Crippen LogP contribution in [0.5, 0.6) is 0 Å². The molecule has 0 bridgehead atoms. The van der Waals surface area contributed by atoms with E-state index in [4.69, 9.17) is 17.3 Å². The molecule has 1 aromatic carbocycles. The van der Waals surface area contributed by atoms with Gasteiger partial charge in [0.15, 0.2) is 0 Å². The number of benzene rings is 1. The zero-order chi connectivity index (χ0) is 8.72. The summed E-state index contributed by atoms with van der Waals surface area (Å²) in [5.74, 6) is 0. The van der Waals surface area contributed by atoms with Gasteiger partial charge >= 0.3 is 0 Å². The van der Waals surface area contributed by atoms with Crippen LogP contribution in [-0.2, 0) is 6.42 Å². The SMILES string of the molecule is N[C@@H]1CCc2cc(I)c(Cl)cc21. The fourth-order valence-corrected chi connectivity index (χ4v) is 2.34. The topological polar surface area (TPSA) is 26.0 Å². The lowest BCUT2D eigenvalue weighted by molar-refractivity contribution is 0.713. The van der Waals surface area contributed by atoms with Crippen molar-refractivity contribution in [3.8, 4) is 0 Å². The molecule has 2 rings (SSSR count). The molecule has 1 aromatic rings. The van der Waals surface area contributed by atoms with Crippen LogP contribution in [0.15, 0.2) is 12.1 Å². The molecule has 0 heterocycles.